The highest BCUT2D eigenvalue weighted by Crippen LogP contribution is 2.44. The standard InChI is InChI=1S/C23H21BrF3NO3/c1-15-12-13-22(21(30)31-2,14-17-10-6-7-11-18(17)24)28(20(29)23(25,26)27)19(15)16-8-4-3-5-9-16/h3-13,15,19H,14H2,1-2H3/t15-,19-,22-/m1/s1. The van der Waals surface area contributed by atoms with Gasteiger partial charge in [0.2, 0.25) is 0 Å². The molecule has 1 aliphatic rings. The summed E-state index contributed by atoms with van der Waals surface area (Å²) in [4.78, 5) is 26.5. The molecule has 0 aromatic heterocycles. The van der Waals surface area contributed by atoms with Gasteiger partial charge in [-0.1, -0.05) is 83.5 Å². The van der Waals surface area contributed by atoms with Crippen molar-refractivity contribution in [1.29, 1.82) is 0 Å². The van der Waals surface area contributed by atoms with E-state index < -0.39 is 35.6 Å². The van der Waals surface area contributed by atoms with Crippen LogP contribution in [0.1, 0.15) is 24.1 Å². The number of hydrogen-bond donors (Lipinski definition) is 0. The van der Waals surface area contributed by atoms with Gasteiger partial charge in [-0.15, -0.1) is 0 Å². The van der Waals surface area contributed by atoms with Crippen LogP contribution in [0.4, 0.5) is 13.2 Å². The Bertz CT molecular complexity index is 993. The van der Waals surface area contributed by atoms with Crippen LogP contribution in [0, 0.1) is 5.92 Å². The van der Waals surface area contributed by atoms with Gasteiger partial charge >= 0.3 is 18.1 Å². The van der Waals surface area contributed by atoms with Crippen LogP contribution in [-0.2, 0) is 20.7 Å². The minimum Gasteiger partial charge on any atom is -0.467 e. The van der Waals surface area contributed by atoms with Gasteiger partial charge in [0.05, 0.1) is 13.2 Å². The van der Waals surface area contributed by atoms with Crippen molar-refractivity contribution in [3.8, 4) is 0 Å². The number of halogens is 4. The summed E-state index contributed by atoms with van der Waals surface area (Å²) < 4.78 is 47.0. The van der Waals surface area contributed by atoms with Crippen LogP contribution in [0.3, 0.4) is 0 Å². The summed E-state index contributed by atoms with van der Waals surface area (Å²) in [5, 5.41) is 0. The van der Waals surface area contributed by atoms with Crippen LogP contribution in [0.25, 0.3) is 0 Å². The Morgan fingerprint density at radius 1 is 1.10 bits per heavy atom. The fraction of sp³-hybridized carbons (Fsp3) is 0.304. The fourth-order valence-electron chi connectivity index (χ4n) is 4.02. The molecule has 164 valence electrons. The smallest absolute Gasteiger partial charge is 0.467 e. The van der Waals surface area contributed by atoms with Crippen molar-refractivity contribution in [1.82, 2.24) is 4.90 Å². The van der Waals surface area contributed by atoms with Crippen molar-refractivity contribution >= 4 is 27.8 Å². The number of benzene rings is 2. The number of nitrogens with zero attached hydrogens (tertiary/aromatic N) is 1. The van der Waals surface area contributed by atoms with Gasteiger partial charge in [0.1, 0.15) is 0 Å². The van der Waals surface area contributed by atoms with Crippen molar-refractivity contribution in [2.75, 3.05) is 7.11 Å². The average Bonchev–Trinajstić information content (AvgIpc) is 2.75. The van der Waals surface area contributed by atoms with E-state index in [1.807, 2.05) is 0 Å². The summed E-state index contributed by atoms with van der Waals surface area (Å²) >= 11 is 3.38. The number of amides is 1. The summed E-state index contributed by atoms with van der Waals surface area (Å²) in [6.45, 7) is 1.71. The van der Waals surface area contributed by atoms with Gasteiger partial charge < -0.3 is 9.64 Å². The molecule has 3 atom stereocenters. The maximum absolute atomic E-state index is 13.8. The first kappa shape index (κ1) is 23.1. The largest absolute Gasteiger partial charge is 0.471 e. The molecule has 0 radical (unpaired) electrons. The summed E-state index contributed by atoms with van der Waals surface area (Å²) in [6, 6.07) is 14.3. The lowest BCUT2D eigenvalue weighted by Gasteiger charge is -2.49. The van der Waals surface area contributed by atoms with Gasteiger partial charge in [0.15, 0.2) is 5.54 Å². The van der Waals surface area contributed by atoms with E-state index >= 15 is 0 Å². The second-order valence-electron chi connectivity index (χ2n) is 7.43. The van der Waals surface area contributed by atoms with Gasteiger partial charge in [-0.2, -0.15) is 13.2 Å². The minimum atomic E-state index is -5.18. The number of esters is 1. The Morgan fingerprint density at radius 2 is 1.71 bits per heavy atom. The highest BCUT2D eigenvalue weighted by molar-refractivity contribution is 9.10. The van der Waals surface area contributed by atoms with Gasteiger partial charge in [-0.3, -0.25) is 4.79 Å². The number of methoxy groups -OCH3 is 1. The molecular weight excluding hydrogens is 475 g/mol. The Morgan fingerprint density at radius 3 is 2.29 bits per heavy atom. The Hall–Kier alpha value is -2.61. The highest BCUT2D eigenvalue weighted by atomic mass is 79.9. The molecule has 3 rings (SSSR count). The molecule has 0 saturated carbocycles. The molecule has 1 aliphatic heterocycles. The van der Waals surface area contributed by atoms with Gasteiger partial charge in [0, 0.05) is 10.9 Å². The molecule has 0 N–H and O–H groups in total. The molecule has 0 saturated heterocycles. The second kappa shape index (κ2) is 8.86. The fourth-order valence-corrected chi connectivity index (χ4v) is 4.44. The first-order valence-corrected chi connectivity index (χ1v) is 10.4. The third kappa shape index (κ3) is 4.39. The third-order valence-electron chi connectivity index (χ3n) is 5.44. The van der Waals surface area contributed by atoms with E-state index in [-0.39, 0.29) is 6.42 Å². The van der Waals surface area contributed by atoms with Gasteiger partial charge in [-0.25, -0.2) is 4.79 Å². The van der Waals surface area contributed by atoms with Crippen LogP contribution < -0.4 is 0 Å². The predicted molar refractivity (Wildman–Crippen MR) is 113 cm³/mol. The van der Waals surface area contributed by atoms with E-state index in [1.165, 1.54) is 6.08 Å². The molecule has 8 heteroatoms. The summed E-state index contributed by atoms with van der Waals surface area (Å²) in [5.74, 6) is -3.49. The minimum absolute atomic E-state index is 0.185. The van der Waals surface area contributed by atoms with Crippen LogP contribution in [0.15, 0.2) is 71.2 Å². The zero-order valence-electron chi connectivity index (χ0n) is 16.9. The van der Waals surface area contributed by atoms with E-state index in [9.17, 15) is 22.8 Å². The van der Waals surface area contributed by atoms with Crippen LogP contribution in [-0.4, -0.2) is 35.6 Å². The molecular formula is C23H21BrF3NO3. The van der Waals surface area contributed by atoms with Crippen molar-refractivity contribution in [2.45, 2.75) is 31.1 Å². The Labute approximate surface area is 186 Å². The lowest BCUT2D eigenvalue weighted by atomic mass is 9.78. The maximum Gasteiger partial charge on any atom is 0.471 e. The predicted octanol–water partition coefficient (Wildman–Crippen LogP) is 5.24. The van der Waals surface area contributed by atoms with E-state index in [4.69, 9.17) is 4.74 Å². The van der Waals surface area contributed by atoms with Crippen LogP contribution >= 0.6 is 15.9 Å². The number of ether oxygens (including phenoxy) is 1. The molecule has 2 aromatic carbocycles. The van der Waals surface area contributed by atoms with Crippen molar-refractivity contribution in [2.24, 2.45) is 5.92 Å². The van der Waals surface area contributed by atoms with E-state index in [0.29, 0.717) is 20.5 Å². The maximum atomic E-state index is 13.8. The summed E-state index contributed by atoms with van der Waals surface area (Å²) in [5.41, 5.74) is -0.908. The lowest BCUT2D eigenvalue weighted by molar-refractivity contribution is -0.199. The number of alkyl halides is 3. The van der Waals surface area contributed by atoms with Crippen LogP contribution in [0.2, 0.25) is 0 Å². The van der Waals surface area contributed by atoms with Crippen molar-refractivity contribution in [3.05, 3.63) is 82.3 Å². The number of rotatable bonds is 4. The normalized spacial score (nSPS) is 23.5. The number of hydrogen-bond acceptors (Lipinski definition) is 3. The average molecular weight is 496 g/mol. The lowest BCUT2D eigenvalue weighted by Crippen LogP contribution is -2.64. The molecule has 0 spiro atoms. The molecule has 31 heavy (non-hydrogen) atoms. The SMILES string of the molecule is COC(=O)[C@]1(Cc2ccccc2Br)C=C[C@@H](C)[C@H](c2ccccc2)N1C(=O)C(F)(F)F. The first-order valence-electron chi connectivity index (χ1n) is 9.58. The van der Waals surface area contributed by atoms with Crippen LogP contribution in [0.5, 0.6) is 0 Å². The molecule has 1 amide bonds. The van der Waals surface area contributed by atoms with E-state index in [2.05, 4.69) is 15.9 Å². The Balaban J connectivity index is 2.27. The van der Waals surface area contributed by atoms with E-state index in [1.54, 1.807) is 67.6 Å². The van der Waals surface area contributed by atoms with E-state index in [0.717, 1.165) is 7.11 Å². The van der Waals surface area contributed by atoms with Crippen molar-refractivity contribution in [3.63, 3.8) is 0 Å². The molecule has 0 aliphatic carbocycles. The van der Waals surface area contributed by atoms with Crippen molar-refractivity contribution < 1.29 is 27.5 Å². The first-order chi connectivity index (χ1) is 14.6. The second-order valence-corrected chi connectivity index (χ2v) is 8.29. The zero-order chi connectivity index (χ0) is 22.8. The summed E-state index contributed by atoms with van der Waals surface area (Å²) in [7, 11) is 1.10. The Kier molecular flexibility index (Phi) is 6.59. The number of carbonyl (C=O) groups is 2. The zero-order valence-corrected chi connectivity index (χ0v) is 18.5. The molecule has 2 aromatic rings. The molecule has 0 fully saturated rings. The summed E-state index contributed by atoms with van der Waals surface area (Å²) in [6.07, 6.45) is -2.32. The quantitative estimate of drug-likeness (QED) is 0.430. The highest BCUT2D eigenvalue weighted by Gasteiger charge is 2.58. The molecule has 0 unspecified atom stereocenters. The monoisotopic (exact) mass is 495 g/mol. The third-order valence-corrected chi connectivity index (χ3v) is 6.21. The van der Waals surface area contributed by atoms with Gasteiger partial charge in [0.25, 0.3) is 0 Å². The molecule has 4 nitrogen and oxygen atoms in total. The molecule has 1 heterocycles. The topological polar surface area (TPSA) is 46.6 Å². The number of carbonyl (C=O) groups excluding carboxylic acids is 2. The van der Waals surface area contributed by atoms with Gasteiger partial charge in [-0.05, 0) is 23.1 Å². The molecule has 0 bridgehead atoms.